The Kier molecular flexibility index (Phi) is 7.31. The number of fused-ring (bicyclic) bond motifs is 1. The lowest BCUT2D eigenvalue weighted by molar-refractivity contribution is -0.135. The van der Waals surface area contributed by atoms with E-state index in [4.69, 9.17) is 19.3 Å². The molecule has 2 heterocycles. The van der Waals surface area contributed by atoms with Crippen LogP contribution in [0.3, 0.4) is 0 Å². The summed E-state index contributed by atoms with van der Waals surface area (Å²) in [4.78, 5) is 9.96. The van der Waals surface area contributed by atoms with E-state index >= 15 is 0 Å². The van der Waals surface area contributed by atoms with Crippen LogP contribution in [0.1, 0.15) is 18.9 Å². The minimum Gasteiger partial charge on any atom is -0.504 e. The lowest BCUT2D eigenvalue weighted by Gasteiger charge is -2.21. The molecule has 1 aromatic rings. The van der Waals surface area contributed by atoms with Crippen molar-refractivity contribution in [3.05, 3.63) is 41.9 Å². The Labute approximate surface area is 150 Å². The van der Waals surface area contributed by atoms with Crippen molar-refractivity contribution < 1.29 is 39.1 Å². The van der Waals surface area contributed by atoms with Crippen LogP contribution < -0.4 is 9.47 Å². The molecule has 3 N–H and O–H groups in total. The lowest BCUT2D eigenvalue weighted by atomic mass is 10.1. The third kappa shape index (κ3) is 5.40. The SMILES string of the molecule is CCOC1=C(O)c2ccc(OCC(O)CO)cc2OC1.O=C1CC=CO1. The van der Waals surface area contributed by atoms with Crippen molar-refractivity contribution in [2.75, 3.05) is 26.4 Å². The molecular formula is C18H22O8. The van der Waals surface area contributed by atoms with Gasteiger partial charge in [0, 0.05) is 6.07 Å². The van der Waals surface area contributed by atoms with Crippen molar-refractivity contribution in [2.45, 2.75) is 19.4 Å². The van der Waals surface area contributed by atoms with Gasteiger partial charge in [-0.05, 0) is 25.1 Å². The fraction of sp³-hybridized carbons (Fsp3) is 0.389. The van der Waals surface area contributed by atoms with Crippen molar-refractivity contribution in [1.29, 1.82) is 0 Å². The first kappa shape index (κ1) is 19.6. The Bertz CT molecular complexity index is 670. The number of aliphatic hydroxyl groups excluding tert-OH is 3. The molecule has 2 aliphatic heterocycles. The van der Waals surface area contributed by atoms with Gasteiger partial charge in [-0.2, -0.15) is 0 Å². The maximum atomic E-state index is 10.1. The average molecular weight is 366 g/mol. The molecule has 1 unspecified atom stereocenters. The summed E-state index contributed by atoms with van der Waals surface area (Å²) in [7, 11) is 0. The Morgan fingerprint density at radius 1 is 1.31 bits per heavy atom. The van der Waals surface area contributed by atoms with Crippen LogP contribution in [0, 0.1) is 0 Å². The third-order valence-corrected chi connectivity index (χ3v) is 3.38. The fourth-order valence-corrected chi connectivity index (χ4v) is 2.12. The molecule has 3 rings (SSSR count). The molecule has 0 aliphatic carbocycles. The first-order valence-electron chi connectivity index (χ1n) is 8.13. The molecule has 0 saturated heterocycles. The summed E-state index contributed by atoms with van der Waals surface area (Å²) < 4.78 is 20.4. The Balaban J connectivity index is 0.000000342. The molecule has 8 heteroatoms. The zero-order valence-corrected chi connectivity index (χ0v) is 14.4. The molecular weight excluding hydrogens is 344 g/mol. The van der Waals surface area contributed by atoms with Crippen molar-refractivity contribution in [3.8, 4) is 11.5 Å². The van der Waals surface area contributed by atoms with Gasteiger partial charge in [0.15, 0.2) is 11.5 Å². The Morgan fingerprint density at radius 2 is 2.12 bits per heavy atom. The van der Waals surface area contributed by atoms with Gasteiger partial charge in [-0.15, -0.1) is 0 Å². The number of benzene rings is 1. The molecule has 8 nitrogen and oxygen atoms in total. The summed E-state index contributed by atoms with van der Waals surface area (Å²) >= 11 is 0. The molecule has 0 radical (unpaired) electrons. The zero-order chi connectivity index (χ0) is 18.9. The lowest BCUT2D eigenvalue weighted by Crippen LogP contribution is -2.21. The van der Waals surface area contributed by atoms with Gasteiger partial charge in [0.05, 0.1) is 31.5 Å². The predicted molar refractivity (Wildman–Crippen MR) is 91.5 cm³/mol. The molecule has 26 heavy (non-hydrogen) atoms. The smallest absolute Gasteiger partial charge is 0.314 e. The van der Waals surface area contributed by atoms with E-state index in [2.05, 4.69) is 4.74 Å². The van der Waals surface area contributed by atoms with Gasteiger partial charge in [0.25, 0.3) is 0 Å². The van der Waals surface area contributed by atoms with Gasteiger partial charge in [-0.25, -0.2) is 0 Å². The molecule has 0 fully saturated rings. The second-order valence-electron chi connectivity index (χ2n) is 5.36. The second kappa shape index (κ2) is 9.69. The average Bonchev–Trinajstić information content (AvgIpc) is 3.13. The van der Waals surface area contributed by atoms with Crippen LogP contribution in [0.2, 0.25) is 0 Å². The largest absolute Gasteiger partial charge is 0.504 e. The molecule has 2 aliphatic rings. The quantitative estimate of drug-likeness (QED) is 0.649. The van der Waals surface area contributed by atoms with Gasteiger partial charge >= 0.3 is 5.97 Å². The van der Waals surface area contributed by atoms with Crippen LogP contribution in [0.25, 0.3) is 5.76 Å². The van der Waals surface area contributed by atoms with E-state index in [1.165, 1.54) is 6.26 Å². The first-order valence-corrected chi connectivity index (χ1v) is 8.13. The summed E-state index contributed by atoms with van der Waals surface area (Å²) in [5.74, 6) is 1.29. The van der Waals surface area contributed by atoms with Gasteiger partial charge < -0.3 is 34.3 Å². The van der Waals surface area contributed by atoms with Crippen LogP contribution in [0.15, 0.2) is 36.3 Å². The second-order valence-corrected chi connectivity index (χ2v) is 5.36. The van der Waals surface area contributed by atoms with Crippen LogP contribution in [-0.4, -0.2) is 53.8 Å². The Morgan fingerprint density at radius 3 is 2.69 bits per heavy atom. The molecule has 1 aromatic carbocycles. The molecule has 1 atom stereocenters. The first-order chi connectivity index (χ1) is 12.5. The molecule has 0 saturated carbocycles. The van der Waals surface area contributed by atoms with E-state index in [0.717, 1.165) is 0 Å². The molecule has 0 bridgehead atoms. The van der Waals surface area contributed by atoms with Gasteiger partial charge in [0.1, 0.15) is 30.8 Å². The third-order valence-electron chi connectivity index (χ3n) is 3.38. The van der Waals surface area contributed by atoms with E-state index in [1.807, 2.05) is 6.92 Å². The number of carbonyl (C=O) groups is 1. The monoisotopic (exact) mass is 366 g/mol. The van der Waals surface area contributed by atoms with Crippen molar-refractivity contribution in [2.24, 2.45) is 0 Å². The maximum Gasteiger partial charge on any atom is 0.314 e. The van der Waals surface area contributed by atoms with Crippen molar-refractivity contribution in [1.82, 2.24) is 0 Å². The highest BCUT2D eigenvalue weighted by atomic mass is 16.5. The molecule has 0 amide bonds. The summed E-state index contributed by atoms with van der Waals surface area (Å²) in [6, 6.07) is 4.93. The number of hydrogen-bond acceptors (Lipinski definition) is 8. The minimum absolute atomic E-state index is 0.0126. The van der Waals surface area contributed by atoms with Crippen molar-refractivity contribution in [3.63, 3.8) is 0 Å². The van der Waals surface area contributed by atoms with Crippen LogP contribution in [0.4, 0.5) is 0 Å². The Hall–Kier alpha value is -2.71. The van der Waals surface area contributed by atoms with Gasteiger partial charge in [-0.3, -0.25) is 4.79 Å². The van der Waals surface area contributed by atoms with E-state index in [-0.39, 0.29) is 31.5 Å². The summed E-state index contributed by atoms with van der Waals surface area (Å²) in [5, 5.41) is 28.0. The normalized spacial score (nSPS) is 16.0. The number of ether oxygens (including phenoxy) is 4. The number of aliphatic hydroxyl groups is 3. The highest BCUT2D eigenvalue weighted by Crippen LogP contribution is 2.34. The number of hydrogen-bond donors (Lipinski definition) is 3. The summed E-state index contributed by atoms with van der Waals surface area (Å²) in [5.41, 5.74) is 0.537. The fourth-order valence-electron chi connectivity index (χ4n) is 2.12. The zero-order valence-electron chi connectivity index (χ0n) is 14.4. The van der Waals surface area contributed by atoms with E-state index in [1.54, 1.807) is 24.3 Å². The van der Waals surface area contributed by atoms with Crippen molar-refractivity contribution >= 4 is 11.7 Å². The van der Waals surface area contributed by atoms with Gasteiger partial charge in [-0.1, -0.05) is 0 Å². The molecule has 0 spiro atoms. The van der Waals surface area contributed by atoms with E-state index < -0.39 is 6.10 Å². The van der Waals surface area contributed by atoms with Gasteiger partial charge in [0.2, 0.25) is 0 Å². The van der Waals surface area contributed by atoms with E-state index in [9.17, 15) is 15.0 Å². The topological polar surface area (TPSA) is 115 Å². The highest BCUT2D eigenvalue weighted by molar-refractivity contribution is 5.73. The van der Waals surface area contributed by atoms with Crippen LogP contribution in [-0.2, 0) is 14.3 Å². The van der Waals surface area contributed by atoms with Crippen LogP contribution >= 0.6 is 0 Å². The minimum atomic E-state index is -0.926. The number of esters is 1. The summed E-state index contributed by atoms with van der Waals surface area (Å²) in [6.07, 6.45) is 2.61. The number of rotatable bonds is 6. The standard InChI is InChI=1S/C14H18O6.C4H4O2/c1-2-18-13-8-20-12-5-10(19-7-9(16)6-15)3-4-11(12)14(13)17;5-4-2-1-3-6-4/h3-5,9,15-17H,2,6-8H2,1H3;1,3H,2H2. The molecule has 0 aromatic heterocycles. The number of cyclic esters (lactones) is 1. The highest BCUT2D eigenvalue weighted by Gasteiger charge is 2.21. The molecule has 142 valence electrons. The summed E-state index contributed by atoms with van der Waals surface area (Å²) in [6.45, 7) is 2.08. The van der Waals surface area contributed by atoms with E-state index in [0.29, 0.717) is 35.8 Å². The predicted octanol–water partition coefficient (Wildman–Crippen LogP) is 1.52. The maximum absolute atomic E-state index is 10.1. The van der Waals surface area contributed by atoms with Crippen LogP contribution in [0.5, 0.6) is 11.5 Å². The number of carbonyl (C=O) groups excluding carboxylic acids is 1.